The third-order valence-corrected chi connectivity index (χ3v) is 3.09. The fraction of sp³-hybridized carbons (Fsp3) is 0.700. The van der Waals surface area contributed by atoms with Crippen LogP contribution in [0.4, 0.5) is 5.69 Å². The van der Waals surface area contributed by atoms with E-state index in [2.05, 4.69) is 9.78 Å². The minimum Gasteiger partial charge on any atom is -0.396 e. The summed E-state index contributed by atoms with van der Waals surface area (Å²) < 4.78 is 2.06. The summed E-state index contributed by atoms with van der Waals surface area (Å²) in [4.78, 5) is 0. The second-order valence-corrected chi connectivity index (χ2v) is 4.06. The van der Waals surface area contributed by atoms with Gasteiger partial charge in [0.15, 0.2) is 0 Å². The molecule has 0 unspecified atom stereocenters. The highest BCUT2D eigenvalue weighted by Gasteiger charge is 2.19. The molecule has 0 bridgehead atoms. The smallest absolute Gasteiger partial charge is 0.0825 e. The van der Waals surface area contributed by atoms with Crippen molar-refractivity contribution in [3.63, 3.8) is 0 Å². The molecule has 0 atom stereocenters. The molecule has 13 heavy (non-hydrogen) atoms. The SMILES string of the molecule is Cc1nn(CC2CCC2)c(C)c1N. The quantitative estimate of drug-likeness (QED) is 0.753. The largest absolute Gasteiger partial charge is 0.396 e. The molecule has 0 radical (unpaired) electrons. The number of nitrogens with two attached hydrogens (primary N) is 1. The topological polar surface area (TPSA) is 43.8 Å². The molecule has 2 rings (SSSR count). The molecule has 1 aromatic heterocycles. The van der Waals surface area contributed by atoms with Gasteiger partial charge in [0.2, 0.25) is 0 Å². The zero-order valence-electron chi connectivity index (χ0n) is 8.38. The van der Waals surface area contributed by atoms with E-state index >= 15 is 0 Å². The molecule has 3 heteroatoms. The maximum Gasteiger partial charge on any atom is 0.0825 e. The van der Waals surface area contributed by atoms with Crippen molar-refractivity contribution in [2.75, 3.05) is 5.73 Å². The summed E-state index contributed by atoms with van der Waals surface area (Å²) in [6.07, 6.45) is 4.11. The summed E-state index contributed by atoms with van der Waals surface area (Å²) in [5, 5.41) is 4.42. The van der Waals surface area contributed by atoms with E-state index in [1.54, 1.807) is 0 Å². The lowest BCUT2D eigenvalue weighted by atomic mass is 9.85. The summed E-state index contributed by atoms with van der Waals surface area (Å²) >= 11 is 0. The van der Waals surface area contributed by atoms with E-state index in [1.165, 1.54) is 19.3 Å². The number of rotatable bonds is 2. The number of nitrogen functional groups attached to an aromatic ring is 1. The first-order valence-corrected chi connectivity index (χ1v) is 4.98. The molecule has 0 amide bonds. The van der Waals surface area contributed by atoms with Crippen LogP contribution in [0.25, 0.3) is 0 Å². The monoisotopic (exact) mass is 179 g/mol. The Morgan fingerprint density at radius 2 is 2.15 bits per heavy atom. The van der Waals surface area contributed by atoms with Gasteiger partial charge in [0, 0.05) is 6.54 Å². The Morgan fingerprint density at radius 3 is 2.54 bits per heavy atom. The molecule has 1 aliphatic rings. The van der Waals surface area contributed by atoms with Crippen LogP contribution in [0.1, 0.15) is 30.7 Å². The standard InChI is InChI=1S/C10H17N3/c1-7-10(11)8(2)13(12-7)6-9-4-3-5-9/h9H,3-6,11H2,1-2H3. The maximum absolute atomic E-state index is 5.85. The lowest BCUT2D eigenvalue weighted by Gasteiger charge is -2.25. The van der Waals surface area contributed by atoms with Crippen molar-refractivity contribution in [1.29, 1.82) is 0 Å². The normalized spacial score (nSPS) is 17.4. The second-order valence-electron chi connectivity index (χ2n) is 4.06. The lowest BCUT2D eigenvalue weighted by Crippen LogP contribution is -2.19. The molecule has 3 nitrogen and oxygen atoms in total. The molecule has 0 aromatic carbocycles. The van der Waals surface area contributed by atoms with E-state index in [-0.39, 0.29) is 0 Å². The molecule has 1 aliphatic carbocycles. The van der Waals surface area contributed by atoms with Crippen molar-refractivity contribution in [1.82, 2.24) is 9.78 Å². The molecule has 0 aliphatic heterocycles. The summed E-state index contributed by atoms with van der Waals surface area (Å²) in [7, 11) is 0. The van der Waals surface area contributed by atoms with E-state index in [4.69, 9.17) is 5.73 Å². The number of nitrogens with zero attached hydrogens (tertiary/aromatic N) is 2. The Balaban J connectivity index is 2.14. The maximum atomic E-state index is 5.85. The van der Waals surface area contributed by atoms with Crippen LogP contribution >= 0.6 is 0 Å². The van der Waals surface area contributed by atoms with Crippen LogP contribution in [0, 0.1) is 19.8 Å². The minimum absolute atomic E-state index is 0.845. The lowest BCUT2D eigenvalue weighted by molar-refractivity contribution is 0.264. The Morgan fingerprint density at radius 1 is 1.46 bits per heavy atom. The van der Waals surface area contributed by atoms with Crippen LogP contribution in [0.3, 0.4) is 0 Å². The van der Waals surface area contributed by atoms with Crippen LogP contribution in [0.15, 0.2) is 0 Å². The van der Waals surface area contributed by atoms with Gasteiger partial charge in [-0.15, -0.1) is 0 Å². The number of anilines is 1. The van der Waals surface area contributed by atoms with Gasteiger partial charge in [-0.1, -0.05) is 6.42 Å². The Labute approximate surface area is 78.9 Å². The molecular weight excluding hydrogens is 162 g/mol. The fourth-order valence-electron chi connectivity index (χ4n) is 1.81. The van der Waals surface area contributed by atoms with E-state index in [1.807, 2.05) is 13.8 Å². The van der Waals surface area contributed by atoms with E-state index in [9.17, 15) is 0 Å². The van der Waals surface area contributed by atoms with Crippen molar-refractivity contribution in [2.45, 2.75) is 39.7 Å². The van der Waals surface area contributed by atoms with Crippen LogP contribution in [0.2, 0.25) is 0 Å². The molecule has 1 saturated carbocycles. The van der Waals surface area contributed by atoms with Crippen molar-refractivity contribution in [2.24, 2.45) is 5.92 Å². The van der Waals surface area contributed by atoms with Crippen LogP contribution in [-0.2, 0) is 6.54 Å². The highest BCUT2D eigenvalue weighted by atomic mass is 15.3. The summed E-state index contributed by atoms with van der Waals surface area (Å²) in [5.41, 5.74) is 8.81. The van der Waals surface area contributed by atoms with Gasteiger partial charge in [-0.3, -0.25) is 4.68 Å². The Kier molecular flexibility index (Phi) is 2.02. The molecule has 0 spiro atoms. The number of aromatic nitrogens is 2. The van der Waals surface area contributed by atoms with Gasteiger partial charge in [0.25, 0.3) is 0 Å². The summed E-state index contributed by atoms with van der Waals surface area (Å²) in [6.45, 7) is 5.08. The summed E-state index contributed by atoms with van der Waals surface area (Å²) in [6, 6.07) is 0. The minimum atomic E-state index is 0.845. The average molecular weight is 179 g/mol. The van der Waals surface area contributed by atoms with Crippen molar-refractivity contribution >= 4 is 5.69 Å². The molecule has 1 aromatic rings. The third-order valence-electron chi connectivity index (χ3n) is 3.09. The first kappa shape index (κ1) is 8.60. The third kappa shape index (κ3) is 1.43. The second kappa shape index (κ2) is 3.05. The van der Waals surface area contributed by atoms with Gasteiger partial charge in [-0.25, -0.2) is 0 Å². The van der Waals surface area contributed by atoms with Crippen LogP contribution in [-0.4, -0.2) is 9.78 Å². The summed E-state index contributed by atoms with van der Waals surface area (Å²) in [5.74, 6) is 0.845. The fourth-order valence-corrected chi connectivity index (χ4v) is 1.81. The first-order valence-electron chi connectivity index (χ1n) is 4.98. The first-order chi connectivity index (χ1) is 6.18. The molecule has 72 valence electrons. The van der Waals surface area contributed by atoms with Gasteiger partial charge in [0.05, 0.1) is 17.1 Å². The number of hydrogen-bond acceptors (Lipinski definition) is 2. The molecule has 1 heterocycles. The molecular formula is C10H17N3. The predicted octanol–water partition coefficient (Wildman–Crippen LogP) is 1.88. The van der Waals surface area contributed by atoms with Gasteiger partial charge in [-0.2, -0.15) is 5.10 Å². The van der Waals surface area contributed by atoms with E-state index < -0.39 is 0 Å². The van der Waals surface area contributed by atoms with Gasteiger partial charge >= 0.3 is 0 Å². The van der Waals surface area contributed by atoms with Gasteiger partial charge in [-0.05, 0) is 32.6 Å². The average Bonchev–Trinajstić information content (AvgIpc) is 2.26. The van der Waals surface area contributed by atoms with Crippen molar-refractivity contribution in [3.05, 3.63) is 11.4 Å². The van der Waals surface area contributed by atoms with Gasteiger partial charge in [0.1, 0.15) is 0 Å². The highest BCUT2D eigenvalue weighted by molar-refractivity contribution is 5.46. The Bertz CT molecular complexity index is 310. The molecule has 2 N–H and O–H groups in total. The zero-order chi connectivity index (χ0) is 9.42. The van der Waals surface area contributed by atoms with Gasteiger partial charge < -0.3 is 5.73 Å². The van der Waals surface area contributed by atoms with E-state index in [0.717, 1.165) is 29.5 Å². The van der Waals surface area contributed by atoms with E-state index in [0.29, 0.717) is 0 Å². The number of aryl methyl sites for hydroxylation is 1. The van der Waals surface area contributed by atoms with Crippen LogP contribution in [0.5, 0.6) is 0 Å². The molecule has 0 saturated heterocycles. The number of hydrogen-bond donors (Lipinski definition) is 1. The Hall–Kier alpha value is -0.990. The van der Waals surface area contributed by atoms with Crippen molar-refractivity contribution in [3.8, 4) is 0 Å². The highest BCUT2D eigenvalue weighted by Crippen LogP contribution is 2.28. The zero-order valence-corrected chi connectivity index (χ0v) is 8.38. The van der Waals surface area contributed by atoms with Crippen LogP contribution < -0.4 is 5.73 Å². The van der Waals surface area contributed by atoms with Crippen molar-refractivity contribution < 1.29 is 0 Å². The predicted molar refractivity (Wildman–Crippen MR) is 53.5 cm³/mol. The molecule has 1 fully saturated rings.